The third-order valence-corrected chi connectivity index (χ3v) is 10.3. The van der Waals surface area contributed by atoms with Gasteiger partial charge in [0.15, 0.2) is 5.83 Å². The zero-order valence-corrected chi connectivity index (χ0v) is 27.7. The lowest BCUT2D eigenvalue weighted by atomic mass is 9.86. The van der Waals surface area contributed by atoms with Crippen molar-refractivity contribution in [2.75, 3.05) is 69.4 Å². The lowest BCUT2D eigenvalue weighted by Gasteiger charge is -2.43. The van der Waals surface area contributed by atoms with Gasteiger partial charge in [-0.05, 0) is 43.8 Å². The first-order valence-electron chi connectivity index (χ1n) is 16.4. The van der Waals surface area contributed by atoms with Gasteiger partial charge in [0.05, 0.1) is 54.4 Å². The second kappa shape index (κ2) is 13.1. The molecule has 7 rings (SSSR count). The van der Waals surface area contributed by atoms with Crippen LogP contribution in [-0.2, 0) is 22.5 Å². The summed E-state index contributed by atoms with van der Waals surface area (Å²) in [6.45, 7) is 7.52. The molecule has 0 bridgehead atoms. The van der Waals surface area contributed by atoms with Crippen LogP contribution in [0.3, 0.4) is 0 Å². The summed E-state index contributed by atoms with van der Waals surface area (Å²) < 4.78 is 40.6. The smallest absolute Gasteiger partial charge is 0.318 e. The summed E-state index contributed by atoms with van der Waals surface area (Å²) in [5.41, 5.74) is 2.36. The van der Waals surface area contributed by atoms with Gasteiger partial charge in [-0.25, -0.2) is 8.78 Å². The lowest BCUT2D eigenvalue weighted by Crippen LogP contribution is -2.56. The van der Waals surface area contributed by atoms with E-state index in [9.17, 15) is 18.8 Å². The summed E-state index contributed by atoms with van der Waals surface area (Å²) >= 11 is 6.51. The molecule has 0 radical (unpaired) electrons. The van der Waals surface area contributed by atoms with Crippen LogP contribution >= 0.6 is 11.6 Å². The third-order valence-electron chi connectivity index (χ3n) is 9.96. The standard InChI is InChI=1S/C35H38ClF2N7O3/c1-22(37)33(46)45-15-14-44(16-25(45)10-12-39)32-26-11-13-43(29-5-3-4-23-6-9-27(38)31(36)30(23)29)17-28(26)40-34(41-32)48-21-35(19-47-20-35)18-42(2)24-7-8-24/h3-6,9,24-25H,1,7-8,10-11,13-21H2,2H3. The van der Waals surface area contributed by atoms with Gasteiger partial charge in [0.1, 0.15) is 18.2 Å². The Morgan fingerprint density at radius 3 is 2.73 bits per heavy atom. The summed E-state index contributed by atoms with van der Waals surface area (Å²) in [4.78, 5) is 30.4. The number of hydrogen-bond donors (Lipinski definition) is 0. The van der Waals surface area contributed by atoms with Gasteiger partial charge in [-0.1, -0.05) is 36.4 Å². The molecule has 1 unspecified atom stereocenters. The second-order valence-corrected chi connectivity index (χ2v) is 13.8. The van der Waals surface area contributed by atoms with E-state index in [-0.39, 0.29) is 29.4 Å². The van der Waals surface area contributed by atoms with Crippen molar-refractivity contribution in [2.24, 2.45) is 5.41 Å². The molecule has 2 saturated heterocycles. The van der Waals surface area contributed by atoms with Crippen molar-refractivity contribution in [3.05, 3.63) is 64.8 Å². The van der Waals surface area contributed by atoms with Crippen LogP contribution in [0, 0.1) is 22.6 Å². The SMILES string of the molecule is C=C(F)C(=O)N1CCN(c2nc(OCC3(CN(C)C4CC4)COC3)nc3c2CCN(c2cccc4ccc(F)c(Cl)c24)C3)CC1CC#N. The number of anilines is 2. The molecule has 1 saturated carbocycles. The Morgan fingerprint density at radius 1 is 1.21 bits per heavy atom. The molecule has 13 heteroatoms. The van der Waals surface area contributed by atoms with Crippen molar-refractivity contribution < 1.29 is 23.0 Å². The highest BCUT2D eigenvalue weighted by Crippen LogP contribution is 2.39. The van der Waals surface area contributed by atoms with Crippen molar-refractivity contribution in [1.29, 1.82) is 5.26 Å². The number of halogens is 3. The number of amides is 1. The normalized spacial score (nSPS) is 20.3. The van der Waals surface area contributed by atoms with E-state index in [4.69, 9.17) is 31.0 Å². The molecule has 1 amide bonds. The molecule has 3 aliphatic heterocycles. The predicted molar refractivity (Wildman–Crippen MR) is 178 cm³/mol. The Labute approximate surface area is 283 Å². The van der Waals surface area contributed by atoms with Gasteiger partial charge in [-0.2, -0.15) is 15.2 Å². The number of piperazine rings is 1. The van der Waals surface area contributed by atoms with Crippen LogP contribution in [0.5, 0.6) is 6.01 Å². The maximum Gasteiger partial charge on any atom is 0.318 e. The van der Waals surface area contributed by atoms with Crippen molar-refractivity contribution in [1.82, 2.24) is 19.8 Å². The highest BCUT2D eigenvalue weighted by atomic mass is 35.5. The van der Waals surface area contributed by atoms with E-state index in [1.807, 2.05) is 23.1 Å². The number of hydrogen-bond acceptors (Lipinski definition) is 9. The van der Waals surface area contributed by atoms with Crippen molar-refractivity contribution in [3.63, 3.8) is 0 Å². The third kappa shape index (κ3) is 6.27. The van der Waals surface area contributed by atoms with Crippen LogP contribution in [0.25, 0.3) is 10.8 Å². The van der Waals surface area contributed by atoms with Gasteiger partial charge in [0.2, 0.25) is 0 Å². The van der Waals surface area contributed by atoms with Crippen LogP contribution in [-0.4, -0.2) is 97.4 Å². The topological polar surface area (TPSA) is 98.1 Å². The first-order valence-corrected chi connectivity index (χ1v) is 16.7. The molecular weight excluding hydrogens is 640 g/mol. The molecule has 48 heavy (non-hydrogen) atoms. The van der Waals surface area contributed by atoms with Crippen LogP contribution in [0.4, 0.5) is 20.3 Å². The van der Waals surface area contributed by atoms with Crippen molar-refractivity contribution in [2.45, 2.75) is 44.3 Å². The molecular formula is C35H38ClF2N7O3. The van der Waals surface area contributed by atoms with E-state index < -0.39 is 23.6 Å². The fourth-order valence-corrected chi connectivity index (χ4v) is 7.50. The number of carbonyl (C=O) groups excluding carboxylic acids is 1. The van der Waals surface area contributed by atoms with Gasteiger partial charge in [-0.15, -0.1) is 0 Å². The Hall–Kier alpha value is -4.05. The minimum absolute atomic E-state index is 0.0371. The minimum atomic E-state index is -1.05. The van der Waals surface area contributed by atoms with Crippen molar-refractivity contribution in [3.8, 4) is 12.1 Å². The van der Waals surface area contributed by atoms with E-state index in [1.165, 1.54) is 23.8 Å². The molecule has 4 heterocycles. The maximum absolute atomic E-state index is 14.6. The number of fused-ring (bicyclic) bond motifs is 2. The molecule has 1 aromatic heterocycles. The molecule has 0 N–H and O–H groups in total. The van der Waals surface area contributed by atoms with Gasteiger partial charge in [-0.3, -0.25) is 4.79 Å². The highest BCUT2D eigenvalue weighted by molar-refractivity contribution is 6.36. The summed E-state index contributed by atoms with van der Waals surface area (Å²) in [6.07, 6.45) is 3.04. The van der Waals surface area contributed by atoms with E-state index in [0.717, 1.165) is 28.9 Å². The van der Waals surface area contributed by atoms with Crippen LogP contribution in [0.2, 0.25) is 5.02 Å². The quantitative estimate of drug-likeness (QED) is 0.278. The molecule has 4 aliphatic rings. The fraction of sp³-hybridized carbons (Fsp3) is 0.486. The predicted octanol–water partition coefficient (Wildman–Crippen LogP) is 4.89. The average molecular weight is 678 g/mol. The molecule has 1 atom stereocenters. The maximum atomic E-state index is 14.6. The molecule has 0 spiro atoms. The molecule has 1 aliphatic carbocycles. The largest absolute Gasteiger partial charge is 0.463 e. The molecule has 2 aromatic carbocycles. The summed E-state index contributed by atoms with van der Waals surface area (Å²) in [7, 11) is 2.14. The molecule has 10 nitrogen and oxygen atoms in total. The number of benzene rings is 2. The van der Waals surface area contributed by atoms with Gasteiger partial charge < -0.3 is 29.1 Å². The molecule has 252 valence electrons. The Morgan fingerprint density at radius 2 is 2.02 bits per heavy atom. The fourth-order valence-electron chi connectivity index (χ4n) is 7.23. The second-order valence-electron chi connectivity index (χ2n) is 13.5. The number of ether oxygens (including phenoxy) is 2. The Balaban J connectivity index is 1.21. The van der Waals surface area contributed by atoms with E-state index in [1.54, 1.807) is 6.07 Å². The Bertz CT molecular complexity index is 1790. The number of nitriles is 1. The first kappa shape index (κ1) is 32.5. The van der Waals surface area contributed by atoms with Crippen LogP contribution in [0.15, 0.2) is 42.7 Å². The Kier molecular flexibility index (Phi) is 8.87. The summed E-state index contributed by atoms with van der Waals surface area (Å²) in [6, 6.07) is 11.3. The van der Waals surface area contributed by atoms with Gasteiger partial charge >= 0.3 is 6.01 Å². The number of rotatable bonds is 10. The van der Waals surface area contributed by atoms with Crippen LogP contribution in [0.1, 0.15) is 30.5 Å². The van der Waals surface area contributed by atoms with Crippen molar-refractivity contribution >= 4 is 39.8 Å². The van der Waals surface area contributed by atoms with Gasteiger partial charge in [0, 0.05) is 55.4 Å². The van der Waals surface area contributed by atoms with E-state index >= 15 is 0 Å². The average Bonchev–Trinajstić information content (AvgIpc) is 3.92. The highest BCUT2D eigenvalue weighted by Gasteiger charge is 2.43. The zero-order valence-electron chi connectivity index (χ0n) is 26.9. The summed E-state index contributed by atoms with van der Waals surface area (Å²) in [5.74, 6) is -1.64. The molecule has 3 aromatic rings. The number of carbonyl (C=O) groups is 1. The van der Waals surface area contributed by atoms with Gasteiger partial charge in [0.25, 0.3) is 5.91 Å². The minimum Gasteiger partial charge on any atom is -0.463 e. The zero-order chi connectivity index (χ0) is 33.6. The van der Waals surface area contributed by atoms with Crippen LogP contribution < -0.4 is 14.5 Å². The lowest BCUT2D eigenvalue weighted by molar-refractivity contribution is -0.143. The first-order chi connectivity index (χ1) is 23.2. The van der Waals surface area contributed by atoms with E-state index in [0.29, 0.717) is 69.7 Å². The number of nitrogens with zero attached hydrogens (tertiary/aromatic N) is 7. The monoisotopic (exact) mass is 677 g/mol. The van der Waals surface area contributed by atoms with E-state index in [2.05, 4.69) is 29.5 Å². The summed E-state index contributed by atoms with van der Waals surface area (Å²) in [5, 5.41) is 11.1. The number of aromatic nitrogens is 2. The molecule has 3 fully saturated rings.